The molecule has 0 unspecified atom stereocenters. The lowest BCUT2D eigenvalue weighted by Crippen LogP contribution is -2.66. The van der Waals surface area contributed by atoms with E-state index in [1.165, 1.54) is 19.9 Å². The van der Waals surface area contributed by atoms with Gasteiger partial charge in [0.15, 0.2) is 24.8 Å². The monoisotopic (exact) mass is 789 g/mol. The Morgan fingerprint density at radius 2 is 1.26 bits per heavy atom. The molecule has 2 saturated heterocycles. The molecule has 0 aliphatic carbocycles. The molecule has 2 aliphatic heterocycles. The van der Waals surface area contributed by atoms with Crippen molar-refractivity contribution in [3.05, 3.63) is 131 Å². The van der Waals surface area contributed by atoms with Crippen LogP contribution in [-0.2, 0) is 81.6 Å². The van der Waals surface area contributed by atoms with Crippen molar-refractivity contribution in [2.75, 3.05) is 20.3 Å². The fourth-order valence-electron chi connectivity index (χ4n) is 6.44. The average molecular weight is 790 g/mol. The van der Waals surface area contributed by atoms with Crippen molar-refractivity contribution in [2.45, 2.75) is 95.0 Å². The summed E-state index contributed by atoms with van der Waals surface area (Å²) >= 11 is 0. The van der Waals surface area contributed by atoms with Gasteiger partial charge in [-0.1, -0.05) is 102 Å². The van der Waals surface area contributed by atoms with Gasteiger partial charge in [-0.2, -0.15) is 0 Å². The van der Waals surface area contributed by atoms with E-state index in [0.29, 0.717) is 0 Å². The molecule has 0 amide bonds. The summed E-state index contributed by atoms with van der Waals surface area (Å²) in [7, 11) is 1.16. The molecule has 304 valence electrons. The van der Waals surface area contributed by atoms with Crippen LogP contribution in [0.4, 0.5) is 0 Å². The van der Waals surface area contributed by atoms with E-state index < -0.39 is 79.3 Å². The minimum Gasteiger partial charge on any atom is -0.467 e. The van der Waals surface area contributed by atoms with Crippen LogP contribution in [0.5, 0.6) is 0 Å². The number of carbonyl (C=O) groups is 3. The molecule has 0 N–H and O–H groups in total. The molecule has 0 saturated carbocycles. The Kier molecular flexibility index (Phi) is 16.6. The number of esters is 3. The maximum atomic E-state index is 13.5. The van der Waals surface area contributed by atoms with Gasteiger partial charge in [-0.3, -0.25) is 9.59 Å². The van der Waals surface area contributed by atoms with Crippen molar-refractivity contribution in [2.24, 2.45) is 5.11 Å². The number of nitrogens with zero attached hydrogens (tertiary/aromatic N) is 3. The van der Waals surface area contributed by atoms with Crippen molar-refractivity contribution in [3.63, 3.8) is 0 Å². The lowest BCUT2D eigenvalue weighted by Gasteiger charge is -2.48. The highest BCUT2D eigenvalue weighted by Crippen LogP contribution is 2.36. The van der Waals surface area contributed by atoms with Crippen LogP contribution in [0.1, 0.15) is 30.5 Å². The second-order valence-corrected chi connectivity index (χ2v) is 13.1. The molecule has 0 spiro atoms. The molecule has 2 heterocycles. The number of hydrogen-bond donors (Lipinski definition) is 0. The summed E-state index contributed by atoms with van der Waals surface area (Å²) in [5.41, 5.74) is 12.3. The fraction of sp³-hybridized carbons (Fsp3) is 0.439. The molecule has 2 fully saturated rings. The number of carbonyl (C=O) groups excluding carboxylic acids is 3. The Morgan fingerprint density at radius 1 is 0.719 bits per heavy atom. The average Bonchev–Trinajstić information content (AvgIpc) is 3.22. The summed E-state index contributed by atoms with van der Waals surface area (Å²) in [6, 6.07) is 26.5. The number of hydrogen-bond acceptors (Lipinski definition) is 14. The minimum absolute atomic E-state index is 0.0240. The minimum atomic E-state index is -1.56. The van der Waals surface area contributed by atoms with Crippen LogP contribution < -0.4 is 0 Å². The van der Waals surface area contributed by atoms with Crippen molar-refractivity contribution in [3.8, 4) is 0 Å². The van der Waals surface area contributed by atoms with E-state index in [1.54, 1.807) is 0 Å². The van der Waals surface area contributed by atoms with Crippen LogP contribution in [0.3, 0.4) is 0 Å². The van der Waals surface area contributed by atoms with E-state index in [0.717, 1.165) is 23.8 Å². The molecule has 10 atom stereocenters. The summed E-state index contributed by atoms with van der Waals surface area (Å²) in [5, 5.41) is 4.09. The molecular weight excluding hydrogens is 742 g/mol. The maximum Gasteiger partial charge on any atom is 0.337 e. The largest absolute Gasteiger partial charge is 0.467 e. The fourth-order valence-corrected chi connectivity index (χ4v) is 6.44. The summed E-state index contributed by atoms with van der Waals surface area (Å²) in [4.78, 5) is 41.4. The van der Waals surface area contributed by atoms with Gasteiger partial charge in [0, 0.05) is 18.8 Å². The number of methoxy groups -OCH3 is 1. The van der Waals surface area contributed by atoms with Gasteiger partial charge in [-0.05, 0) is 22.2 Å². The molecule has 5 rings (SSSR count). The van der Waals surface area contributed by atoms with E-state index in [9.17, 15) is 19.9 Å². The zero-order valence-electron chi connectivity index (χ0n) is 31.9. The van der Waals surface area contributed by atoms with Gasteiger partial charge in [0.2, 0.25) is 0 Å². The third-order valence-corrected chi connectivity index (χ3v) is 9.01. The first-order valence-electron chi connectivity index (χ1n) is 18.3. The van der Waals surface area contributed by atoms with Crippen molar-refractivity contribution in [1.29, 1.82) is 0 Å². The van der Waals surface area contributed by atoms with Gasteiger partial charge < -0.3 is 47.4 Å². The normalized spacial score (nSPS) is 27.0. The van der Waals surface area contributed by atoms with Crippen LogP contribution >= 0.6 is 0 Å². The van der Waals surface area contributed by atoms with E-state index in [-0.39, 0.29) is 33.0 Å². The number of ether oxygens (including phenoxy) is 10. The first-order valence-corrected chi connectivity index (χ1v) is 18.3. The van der Waals surface area contributed by atoms with Crippen LogP contribution in [0.2, 0.25) is 0 Å². The highest BCUT2D eigenvalue weighted by Gasteiger charge is 2.56. The number of rotatable bonds is 19. The first-order chi connectivity index (χ1) is 27.7. The molecule has 0 aromatic heterocycles. The van der Waals surface area contributed by atoms with Gasteiger partial charge >= 0.3 is 17.9 Å². The lowest BCUT2D eigenvalue weighted by atomic mass is 9.95. The Labute approximate surface area is 330 Å². The second kappa shape index (κ2) is 22.0. The van der Waals surface area contributed by atoms with E-state index in [2.05, 4.69) is 16.6 Å². The van der Waals surface area contributed by atoms with Gasteiger partial charge in [-0.25, -0.2) is 4.79 Å². The SMILES string of the molecule is C=CCO[C@@H]1O[C@@H](C(=O)OC)[C@@H](O[C@H]2O[C@H](COC(C)=O)[C@@H](OCc3ccccc3)[C@H](OCc3ccccc3)[C@H]2N=[N+]=[N-])[C@H](OCc2ccccc2)[C@H]1OC(C)=O. The molecule has 3 aromatic rings. The van der Waals surface area contributed by atoms with E-state index >= 15 is 0 Å². The van der Waals surface area contributed by atoms with Crippen LogP contribution in [0.25, 0.3) is 10.4 Å². The lowest BCUT2D eigenvalue weighted by molar-refractivity contribution is -0.348. The van der Waals surface area contributed by atoms with Crippen molar-refractivity contribution in [1.82, 2.24) is 0 Å². The van der Waals surface area contributed by atoms with Crippen LogP contribution in [-0.4, -0.2) is 99.6 Å². The summed E-state index contributed by atoms with van der Waals surface area (Å²) < 4.78 is 60.8. The van der Waals surface area contributed by atoms with Crippen LogP contribution in [0, 0.1) is 0 Å². The zero-order valence-corrected chi connectivity index (χ0v) is 31.9. The smallest absolute Gasteiger partial charge is 0.337 e. The molecule has 57 heavy (non-hydrogen) atoms. The Balaban J connectivity index is 1.57. The summed E-state index contributed by atoms with van der Waals surface area (Å²) in [6.07, 6.45) is -10.1. The van der Waals surface area contributed by atoms with Gasteiger partial charge in [0.25, 0.3) is 0 Å². The molecule has 0 bridgehead atoms. The van der Waals surface area contributed by atoms with Gasteiger partial charge in [0.05, 0.1) is 33.5 Å². The van der Waals surface area contributed by atoms with E-state index in [1.807, 2.05) is 91.0 Å². The van der Waals surface area contributed by atoms with Gasteiger partial charge in [-0.15, -0.1) is 6.58 Å². The quantitative estimate of drug-likeness (QED) is 0.0388. The summed E-state index contributed by atoms with van der Waals surface area (Å²) in [6.45, 7) is 5.90. The molecule has 0 radical (unpaired) electrons. The standard InChI is InChI=1S/C41H47N3O13/c1-5-21-49-41-38(54-27(3)46)35(53-24-30-19-13-8-14-20-30)36(37(57-41)39(47)48-4)56-40-32(43-44-42)34(52-23-29-17-11-7-12-18-29)33(31(55-40)25-50-26(2)45)51-22-28-15-9-6-10-16-28/h5-20,31-38,40-41H,1,21-25H2,2-4H3/t31-,32-,33-,34-,35+,36+,37-,38-,40-,41-/m1/s1. The highest BCUT2D eigenvalue weighted by atomic mass is 16.8. The predicted octanol–water partition coefficient (Wildman–Crippen LogP) is 5.13. The first kappa shape index (κ1) is 43.0. The maximum absolute atomic E-state index is 13.5. The molecule has 3 aromatic carbocycles. The van der Waals surface area contributed by atoms with E-state index in [4.69, 9.17) is 47.4 Å². The Morgan fingerprint density at radius 3 is 1.75 bits per heavy atom. The predicted molar refractivity (Wildman–Crippen MR) is 201 cm³/mol. The van der Waals surface area contributed by atoms with Gasteiger partial charge in [0.1, 0.15) is 43.2 Å². The third kappa shape index (κ3) is 12.2. The van der Waals surface area contributed by atoms with Crippen molar-refractivity contribution >= 4 is 17.9 Å². The zero-order chi connectivity index (χ0) is 40.6. The molecule has 16 nitrogen and oxygen atoms in total. The second-order valence-electron chi connectivity index (χ2n) is 13.1. The summed E-state index contributed by atoms with van der Waals surface area (Å²) in [5.74, 6) is -2.17. The molecule has 2 aliphatic rings. The topological polar surface area (TPSA) is 192 Å². The Bertz CT molecular complexity index is 1780. The number of azide groups is 1. The number of benzene rings is 3. The van der Waals surface area contributed by atoms with Crippen molar-refractivity contribution < 1.29 is 61.8 Å². The molecule has 16 heteroatoms. The third-order valence-electron chi connectivity index (χ3n) is 9.01. The Hall–Kier alpha value is -5.16. The molecular formula is C41H47N3O13. The van der Waals surface area contributed by atoms with Crippen LogP contribution in [0.15, 0.2) is 109 Å². The highest BCUT2D eigenvalue weighted by molar-refractivity contribution is 5.75.